The third-order valence-electron chi connectivity index (χ3n) is 5.17. The van der Waals surface area contributed by atoms with Gasteiger partial charge in [0.1, 0.15) is 10.6 Å². The zero-order chi connectivity index (χ0) is 21.1. The normalized spacial score (nSPS) is 14.6. The predicted molar refractivity (Wildman–Crippen MR) is 119 cm³/mol. The van der Waals surface area contributed by atoms with Gasteiger partial charge in [-0.3, -0.25) is 9.69 Å². The highest BCUT2D eigenvalue weighted by Crippen LogP contribution is 2.28. The number of fused-ring (bicyclic) bond motifs is 1. The number of carboxylic acids is 1. The van der Waals surface area contributed by atoms with Gasteiger partial charge in [0.2, 0.25) is 5.91 Å². The third kappa shape index (κ3) is 4.55. The first-order valence-electron chi connectivity index (χ1n) is 9.70. The molecule has 7 nitrogen and oxygen atoms in total. The molecule has 0 spiro atoms. The summed E-state index contributed by atoms with van der Waals surface area (Å²) in [4.78, 5) is 28.3. The summed E-state index contributed by atoms with van der Waals surface area (Å²) in [5, 5.41) is 12.9. The highest BCUT2D eigenvalue weighted by molar-refractivity contribution is 7.20. The number of benzene rings is 2. The van der Waals surface area contributed by atoms with Crippen molar-refractivity contribution in [1.29, 1.82) is 0 Å². The molecule has 156 valence electrons. The molecule has 3 aromatic rings. The molecule has 1 amide bonds. The summed E-state index contributed by atoms with van der Waals surface area (Å²) in [6.07, 6.45) is 0. The zero-order valence-corrected chi connectivity index (χ0v) is 17.4. The van der Waals surface area contributed by atoms with Crippen molar-refractivity contribution in [2.75, 3.05) is 50.1 Å². The number of carboxylic acid groups (broad SMARTS) is 1. The summed E-state index contributed by atoms with van der Waals surface area (Å²) in [6.45, 7) is 3.63. The molecule has 0 aliphatic carbocycles. The van der Waals surface area contributed by atoms with Crippen molar-refractivity contribution >= 4 is 44.7 Å². The number of rotatable bonds is 6. The molecular weight excluding hydrogens is 402 g/mol. The second-order valence-electron chi connectivity index (χ2n) is 7.18. The van der Waals surface area contributed by atoms with Crippen LogP contribution in [0, 0.1) is 0 Å². The van der Waals surface area contributed by atoms with E-state index < -0.39 is 5.97 Å². The lowest BCUT2D eigenvalue weighted by molar-refractivity contribution is -0.117. The molecule has 1 fully saturated rings. The van der Waals surface area contributed by atoms with Crippen LogP contribution in [0.3, 0.4) is 0 Å². The molecule has 1 saturated heterocycles. The largest absolute Gasteiger partial charge is 0.497 e. The second-order valence-corrected chi connectivity index (χ2v) is 8.27. The van der Waals surface area contributed by atoms with E-state index >= 15 is 0 Å². The van der Waals surface area contributed by atoms with Crippen LogP contribution < -0.4 is 15.0 Å². The maximum Gasteiger partial charge on any atom is 0.345 e. The summed E-state index contributed by atoms with van der Waals surface area (Å²) in [7, 11) is 1.66. The first-order valence-corrected chi connectivity index (χ1v) is 10.5. The number of ether oxygens (including phenoxy) is 1. The van der Waals surface area contributed by atoms with Gasteiger partial charge in [0.15, 0.2) is 0 Å². The number of carbonyl (C=O) groups excluding carboxylic acids is 1. The number of amides is 1. The number of piperazine rings is 1. The number of nitrogens with zero attached hydrogens (tertiary/aromatic N) is 2. The minimum atomic E-state index is -0.935. The number of aromatic carboxylic acids is 1. The number of hydrogen-bond donors (Lipinski definition) is 2. The van der Waals surface area contributed by atoms with E-state index in [1.54, 1.807) is 19.2 Å². The molecule has 0 radical (unpaired) electrons. The van der Waals surface area contributed by atoms with Gasteiger partial charge in [-0.15, -0.1) is 11.3 Å². The van der Waals surface area contributed by atoms with Gasteiger partial charge in [-0.2, -0.15) is 0 Å². The van der Waals surface area contributed by atoms with Gasteiger partial charge in [-0.05, 0) is 35.7 Å². The average molecular weight is 426 g/mol. The second kappa shape index (κ2) is 8.73. The number of methoxy groups -OCH3 is 1. The van der Waals surface area contributed by atoms with E-state index in [2.05, 4.69) is 21.2 Å². The van der Waals surface area contributed by atoms with E-state index in [-0.39, 0.29) is 5.91 Å². The molecule has 4 rings (SSSR count). The van der Waals surface area contributed by atoms with E-state index in [9.17, 15) is 9.59 Å². The lowest BCUT2D eigenvalue weighted by atomic mass is 10.2. The van der Waals surface area contributed by atoms with Crippen LogP contribution in [0.2, 0.25) is 0 Å². The summed E-state index contributed by atoms with van der Waals surface area (Å²) < 4.78 is 6.14. The Bertz CT molecular complexity index is 1070. The first-order chi connectivity index (χ1) is 14.5. The Labute approximate surface area is 178 Å². The van der Waals surface area contributed by atoms with Gasteiger partial charge in [0.25, 0.3) is 0 Å². The van der Waals surface area contributed by atoms with Crippen molar-refractivity contribution in [2.24, 2.45) is 0 Å². The molecule has 0 atom stereocenters. The lowest BCUT2D eigenvalue weighted by Gasteiger charge is -2.35. The van der Waals surface area contributed by atoms with Crippen LogP contribution in [0.4, 0.5) is 11.4 Å². The maximum atomic E-state index is 12.5. The Morgan fingerprint density at radius 3 is 2.63 bits per heavy atom. The SMILES string of the molecule is COc1cccc(N2CCN(CC(=O)Nc3ccc4cc(C(=O)O)sc4c3)CC2)c1. The fraction of sp³-hybridized carbons (Fsp3) is 0.273. The van der Waals surface area contributed by atoms with E-state index in [1.807, 2.05) is 30.3 Å². The lowest BCUT2D eigenvalue weighted by Crippen LogP contribution is -2.48. The Kier molecular flexibility index (Phi) is 5.87. The van der Waals surface area contributed by atoms with Crippen LogP contribution in [0.15, 0.2) is 48.5 Å². The molecule has 2 aromatic carbocycles. The van der Waals surface area contributed by atoms with E-state index in [1.165, 1.54) is 11.3 Å². The number of thiophene rings is 1. The molecule has 8 heteroatoms. The molecule has 2 N–H and O–H groups in total. The smallest absolute Gasteiger partial charge is 0.345 e. The average Bonchev–Trinajstić information content (AvgIpc) is 3.18. The Morgan fingerprint density at radius 2 is 1.90 bits per heavy atom. The minimum Gasteiger partial charge on any atom is -0.497 e. The Morgan fingerprint density at radius 1 is 1.10 bits per heavy atom. The van der Waals surface area contributed by atoms with Crippen LogP contribution in [0.25, 0.3) is 10.1 Å². The number of hydrogen-bond acceptors (Lipinski definition) is 6. The van der Waals surface area contributed by atoms with E-state index in [0.29, 0.717) is 17.1 Å². The third-order valence-corrected chi connectivity index (χ3v) is 6.26. The minimum absolute atomic E-state index is 0.0702. The molecule has 1 aromatic heterocycles. The summed E-state index contributed by atoms with van der Waals surface area (Å²) in [5.74, 6) is -0.165. The number of nitrogens with one attached hydrogen (secondary N) is 1. The van der Waals surface area contributed by atoms with Gasteiger partial charge in [0, 0.05) is 48.3 Å². The van der Waals surface area contributed by atoms with Crippen molar-refractivity contribution in [3.05, 3.63) is 53.4 Å². The van der Waals surface area contributed by atoms with Gasteiger partial charge in [0.05, 0.1) is 13.7 Å². The molecular formula is C22H23N3O4S. The van der Waals surface area contributed by atoms with Crippen LogP contribution in [0.1, 0.15) is 9.67 Å². The fourth-order valence-corrected chi connectivity index (χ4v) is 4.53. The van der Waals surface area contributed by atoms with Crippen LogP contribution >= 0.6 is 11.3 Å². The van der Waals surface area contributed by atoms with Crippen LogP contribution in [0.5, 0.6) is 5.75 Å². The molecule has 2 heterocycles. The zero-order valence-electron chi connectivity index (χ0n) is 16.6. The van der Waals surface area contributed by atoms with Gasteiger partial charge >= 0.3 is 5.97 Å². The van der Waals surface area contributed by atoms with Crippen molar-refractivity contribution in [2.45, 2.75) is 0 Å². The highest BCUT2D eigenvalue weighted by atomic mass is 32.1. The molecule has 0 unspecified atom stereocenters. The standard InChI is InChI=1S/C22H23N3O4S/c1-29-18-4-2-3-17(13-18)25-9-7-24(8-10-25)14-21(26)23-16-6-5-15-11-20(22(27)28)30-19(15)12-16/h2-6,11-13H,7-10,14H2,1H3,(H,23,26)(H,27,28). The predicted octanol–water partition coefficient (Wildman–Crippen LogP) is 3.37. The molecule has 1 aliphatic rings. The molecule has 0 bridgehead atoms. The first kappa shape index (κ1) is 20.2. The van der Waals surface area contributed by atoms with Gasteiger partial charge < -0.3 is 20.1 Å². The number of carbonyl (C=O) groups is 2. The van der Waals surface area contributed by atoms with Crippen molar-refractivity contribution in [3.63, 3.8) is 0 Å². The van der Waals surface area contributed by atoms with E-state index in [0.717, 1.165) is 47.7 Å². The topological polar surface area (TPSA) is 82.1 Å². The number of anilines is 2. The van der Waals surface area contributed by atoms with E-state index in [4.69, 9.17) is 9.84 Å². The van der Waals surface area contributed by atoms with Gasteiger partial charge in [-0.1, -0.05) is 12.1 Å². The Balaban J connectivity index is 1.31. The fourth-order valence-electron chi connectivity index (χ4n) is 3.59. The van der Waals surface area contributed by atoms with Crippen LogP contribution in [-0.4, -0.2) is 61.7 Å². The van der Waals surface area contributed by atoms with Crippen molar-refractivity contribution < 1.29 is 19.4 Å². The molecule has 1 aliphatic heterocycles. The quantitative estimate of drug-likeness (QED) is 0.630. The highest BCUT2D eigenvalue weighted by Gasteiger charge is 2.20. The summed E-state index contributed by atoms with van der Waals surface area (Å²) in [5.41, 5.74) is 1.81. The van der Waals surface area contributed by atoms with Crippen LogP contribution in [-0.2, 0) is 4.79 Å². The molecule has 30 heavy (non-hydrogen) atoms. The summed E-state index contributed by atoms with van der Waals surface area (Å²) >= 11 is 1.21. The Hall–Kier alpha value is -3.10. The van der Waals surface area contributed by atoms with Crippen molar-refractivity contribution in [3.8, 4) is 5.75 Å². The van der Waals surface area contributed by atoms with Gasteiger partial charge in [-0.25, -0.2) is 4.79 Å². The van der Waals surface area contributed by atoms with Crippen molar-refractivity contribution in [1.82, 2.24) is 4.90 Å². The maximum absolute atomic E-state index is 12.5. The summed E-state index contributed by atoms with van der Waals surface area (Å²) in [6, 6.07) is 15.1. The molecule has 0 saturated carbocycles. The monoisotopic (exact) mass is 425 g/mol.